The summed E-state index contributed by atoms with van der Waals surface area (Å²) in [7, 11) is 0. The molecular formula is C16H19FN2. The first-order chi connectivity index (χ1) is 9.10. The second kappa shape index (κ2) is 5.85. The Morgan fingerprint density at radius 2 is 1.79 bits per heavy atom. The van der Waals surface area contributed by atoms with Crippen LogP contribution in [0.15, 0.2) is 42.5 Å². The van der Waals surface area contributed by atoms with Gasteiger partial charge < -0.3 is 11.1 Å². The second-order valence-corrected chi connectivity index (χ2v) is 4.80. The van der Waals surface area contributed by atoms with Gasteiger partial charge in [0.25, 0.3) is 0 Å². The van der Waals surface area contributed by atoms with Gasteiger partial charge in [-0.05, 0) is 43.2 Å². The molecule has 2 aromatic rings. The number of anilines is 1. The van der Waals surface area contributed by atoms with Gasteiger partial charge in [0.2, 0.25) is 0 Å². The number of nitrogens with two attached hydrogens (primary N) is 1. The quantitative estimate of drug-likeness (QED) is 0.880. The summed E-state index contributed by atoms with van der Waals surface area (Å²) in [6.07, 6.45) is 0. The first-order valence-corrected chi connectivity index (χ1v) is 6.39. The van der Waals surface area contributed by atoms with Gasteiger partial charge in [0.1, 0.15) is 5.82 Å². The lowest BCUT2D eigenvalue weighted by atomic mass is 10.0. The largest absolute Gasteiger partial charge is 0.377 e. The maximum absolute atomic E-state index is 12.9. The molecule has 1 unspecified atom stereocenters. The van der Waals surface area contributed by atoms with E-state index in [9.17, 15) is 4.39 Å². The maximum Gasteiger partial charge on any atom is 0.123 e. The third kappa shape index (κ3) is 3.32. The number of hydrogen-bond donors (Lipinski definition) is 2. The molecular weight excluding hydrogens is 239 g/mol. The maximum atomic E-state index is 12.9. The van der Waals surface area contributed by atoms with Crippen molar-refractivity contribution in [3.05, 3.63) is 65.0 Å². The molecule has 2 aromatic carbocycles. The molecule has 2 nitrogen and oxygen atoms in total. The van der Waals surface area contributed by atoms with Crippen LogP contribution in [-0.2, 0) is 0 Å². The zero-order valence-electron chi connectivity index (χ0n) is 11.3. The van der Waals surface area contributed by atoms with Crippen LogP contribution >= 0.6 is 0 Å². The zero-order chi connectivity index (χ0) is 13.8. The summed E-state index contributed by atoms with van der Waals surface area (Å²) in [5.41, 5.74) is 10.3. The van der Waals surface area contributed by atoms with E-state index in [1.54, 1.807) is 12.1 Å². The van der Waals surface area contributed by atoms with E-state index in [1.807, 2.05) is 0 Å². The molecule has 0 aliphatic carbocycles. The standard InChI is InChI=1S/C16H19FN2/c1-11-3-8-15(12(2)9-11)19-16(10-18)13-4-6-14(17)7-5-13/h3-9,16,19H,10,18H2,1-2H3. The monoisotopic (exact) mass is 258 g/mol. The summed E-state index contributed by atoms with van der Waals surface area (Å²) < 4.78 is 12.9. The van der Waals surface area contributed by atoms with Gasteiger partial charge in [0.15, 0.2) is 0 Å². The fourth-order valence-corrected chi connectivity index (χ4v) is 2.14. The summed E-state index contributed by atoms with van der Waals surface area (Å²) in [6, 6.07) is 12.7. The van der Waals surface area contributed by atoms with Crippen LogP contribution in [0.2, 0.25) is 0 Å². The zero-order valence-corrected chi connectivity index (χ0v) is 11.3. The molecule has 3 N–H and O–H groups in total. The van der Waals surface area contributed by atoms with Gasteiger partial charge in [-0.1, -0.05) is 29.8 Å². The van der Waals surface area contributed by atoms with Crippen molar-refractivity contribution in [3.63, 3.8) is 0 Å². The lowest BCUT2D eigenvalue weighted by molar-refractivity contribution is 0.626. The van der Waals surface area contributed by atoms with Crippen molar-refractivity contribution in [2.24, 2.45) is 5.73 Å². The predicted molar refractivity (Wildman–Crippen MR) is 77.7 cm³/mol. The number of benzene rings is 2. The Morgan fingerprint density at radius 3 is 2.37 bits per heavy atom. The third-order valence-electron chi connectivity index (χ3n) is 3.22. The summed E-state index contributed by atoms with van der Waals surface area (Å²) >= 11 is 0. The Labute approximate surface area is 113 Å². The molecule has 0 saturated carbocycles. The van der Waals surface area contributed by atoms with Crippen molar-refractivity contribution in [1.29, 1.82) is 0 Å². The van der Waals surface area contributed by atoms with Gasteiger partial charge in [0.05, 0.1) is 6.04 Å². The van der Waals surface area contributed by atoms with Crippen LogP contribution in [0, 0.1) is 19.7 Å². The van der Waals surface area contributed by atoms with Crippen LogP contribution < -0.4 is 11.1 Å². The molecule has 0 aromatic heterocycles. The van der Waals surface area contributed by atoms with Gasteiger partial charge in [-0.3, -0.25) is 0 Å². The van der Waals surface area contributed by atoms with Crippen molar-refractivity contribution < 1.29 is 4.39 Å². The number of halogens is 1. The van der Waals surface area contributed by atoms with Crippen LogP contribution in [0.25, 0.3) is 0 Å². The van der Waals surface area contributed by atoms with Crippen LogP contribution in [-0.4, -0.2) is 6.54 Å². The van der Waals surface area contributed by atoms with E-state index < -0.39 is 0 Å². The van der Waals surface area contributed by atoms with E-state index in [4.69, 9.17) is 5.73 Å². The molecule has 1 atom stereocenters. The van der Waals surface area contributed by atoms with E-state index in [1.165, 1.54) is 23.3 Å². The Kier molecular flexibility index (Phi) is 4.17. The number of hydrogen-bond acceptors (Lipinski definition) is 2. The Balaban J connectivity index is 2.21. The Hall–Kier alpha value is -1.87. The molecule has 2 rings (SSSR count). The molecule has 0 aliphatic rings. The van der Waals surface area contributed by atoms with Gasteiger partial charge in [0, 0.05) is 12.2 Å². The minimum atomic E-state index is -0.231. The average molecular weight is 258 g/mol. The highest BCUT2D eigenvalue weighted by molar-refractivity contribution is 5.53. The van der Waals surface area contributed by atoms with Crippen molar-refractivity contribution in [1.82, 2.24) is 0 Å². The average Bonchev–Trinajstić information content (AvgIpc) is 2.39. The van der Waals surface area contributed by atoms with Gasteiger partial charge in [-0.25, -0.2) is 4.39 Å². The molecule has 0 fully saturated rings. The normalized spacial score (nSPS) is 12.2. The molecule has 0 spiro atoms. The highest BCUT2D eigenvalue weighted by Crippen LogP contribution is 2.22. The minimum absolute atomic E-state index is 0.0120. The minimum Gasteiger partial charge on any atom is -0.377 e. The van der Waals surface area contributed by atoms with E-state index in [0.717, 1.165) is 11.3 Å². The first-order valence-electron chi connectivity index (χ1n) is 6.39. The third-order valence-corrected chi connectivity index (χ3v) is 3.22. The molecule has 0 heterocycles. The molecule has 100 valence electrons. The summed E-state index contributed by atoms with van der Waals surface area (Å²) in [5.74, 6) is -0.231. The van der Waals surface area contributed by atoms with E-state index in [2.05, 4.69) is 37.4 Å². The van der Waals surface area contributed by atoms with Gasteiger partial charge in [-0.15, -0.1) is 0 Å². The van der Waals surface area contributed by atoms with E-state index in [0.29, 0.717) is 6.54 Å². The number of rotatable bonds is 4. The first kappa shape index (κ1) is 13.6. The Morgan fingerprint density at radius 1 is 1.11 bits per heavy atom. The number of nitrogens with one attached hydrogen (secondary N) is 1. The SMILES string of the molecule is Cc1ccc(NC(CN)c2ccc(F)cc2)c(C)c1. The summed E-state index contributed by atoms with van der Waals surface area (Å²) in [4.78, 5) is 0. The second-order valence-electron chi connectivity index (χ2n) is 4.80. The van der Waals surface area contributed by atoms with Crippen molar-refractivity contribution in [2.45, 2.75) is 19.9 Å². The summed E-state index contributed by atoms with van der Waals surface area (Å²) in [5, 5.41) is 3.41. The van der Waals surface area contributed by atoms with Crippen molar-refractivity contribution in [3.8, 4) is 0 Å². The number of aryl methyl sites for hydroxylation is 2. The smallest absolute Gasteiger partial charge is 0.123 e. The molecule has 3 heteroatoms. The van der Waals surface area contributed by atoms with E-state index in [-0.39, 0.29) is 11.9 Å². The van der Waals surface area contributed by atoms with Gasteiger partial charge >= 0.3 is 0 Å². The van der Waals surface area contributed by atoms with Crippen molar-refractivity contribution >= 4 is 5.69 Å². The Bertz CT molecular complexity index is 549. The van der Waals surface area contributed by atoms with Crippen LogP contribution in [0.5, 0.6) is 0 Å². The van der Waals surface area contributed by atoms with Crippen LogP contribution in [0.4, 0.5) is 10.1 Å². The molecule has 19 heavy (non-hydrogen) atoms. The topological polar surface area (TPSA) is 38.0 Å². The van der Waals surface area contributed by atoms with Crippen LogP contribution in [0.1, 0.15) is 22.7 Å². The van der Waals surface area contributed by atoms with Crippen LogP contribution in [0.3, 0.4) is 0 Å². The molecule has 0 radical (unpaired) electrons. The molecule has 0 bridgehead atoms. The van der Waals surface area contributed by atoms with Crippen molar-refractivity contribution in [2.75, 3.05) is 11.9 Å². The lowest BCUT2D eigenvalue weighted by Crippen LogP contribution is -2.21. The highest BCUT2D eigenvalue weighted by Gasteiger charge is 2.10. The highest BCUT2D eigenvalue weighted by atomic mass is 19.1. The predicted octanol–water partition coefficient (Wildman–Crippen LogP) is 3.55. The summed E-state index contributed by atoms with van der Waals surface area (Å²) in [6.45, 7) is 4.59. The molecule has 0 aliphatic heterocycles. The molecule has 0 saturated heterocycles. The van der Waals surface area contributed by atoms with Gasteiger partial charge in [-0.2, -0.15) is 0 Å². The molecule has 0 amide bonds. The fourth-order valence-electron chi connectivity index (χ4n) is 2.14. The fraction of sp³-hybridized carbons (Fsp3) is 0.250. The van der Waals surface area contributed by atoms with E-state index >= 15 is 0 Å². The lowest BCUT2D eigenvalue weighted by Gasteiger charge is -2.20.